The van der Waals surface area contributed by atoms with E-state index < -0.39 is 11.7 Å². The lowest BCUT2D eigenvalue weighted by molar-refractivity contribution is -0.137. The standard InChI is InChI=1S/C16H17F3N4O/c1-23(2)14-7-8-20-13(22-14)10-21-15(24)9-11-3-5-12(6-4-11)16(17,18)19/h3-8H,9-10H2,1-2H3,(H,21,24). The Morgan fingerprint density at radius 2 is 1.83 bits per heavy atom. The van der Waals surface area contributed by atoms with Gasteiger partial charge in [0, 0.05) is 20.3 Å². The molecule has 0 unspecified atom stereocenters. The van der Waals surface area contributed by atoms with Crippen LogP contribution in [0.2, 0.25) is 0 Å². The smallest absolute Gasteiger partial charge is 0.363 e. The van der Waals surface area contributed by atoms with Crippen LogP contribution in [-0.2, 0) is 23.9 Å². The van der Waals surface area contributed by atoms with Crippen LogP contribution in [0.4, 0.5) is 19.0 Å². The molecule has 1 aromatic carbocycles. The van der Waals surface area contributed by atoms with E-state index in [-0.39, 0.29) is 18.9 Å². The quantitative estimate of drug-likeness (QED) is 0.910. The van der Waals surface area contributed by atoms with Crippen LogP contribution in [0.5, 0.6) is 0 Å². The van der Waals surface area contributed by atoms with Gasteiger partial charge in [-0.1, -0.05) is 12.1 Å². The number of aromatic nitrogens is 2. The Balaban J connectivity index is 1.90. The lowest BCUT2D eigenvalue weighted by Gasteiger charge is -2.12. The summed E-state index contributed by atoms with van der Waals surface area (Å²) in [5.41, 5.74) is -0.232. The van der Waals surface area contributed by atoms with E-state index in [9.17, 15) is 18.0 Å². The summed E-state index contributed by atoms with van der Waals surface area (Å²) in [5.74, 6) is 0.868. The number of nitrogens with zero attached hydrogens (tertiary/aromatic N) is 3. The molecule has 8 heteroatoms. The van der Waals surface area contributed by atoms with Crippen molar-refractivity contribution in [2.45, 2.75) is 19.1 Å². The van der Waals surface area contributed by atoms with E-state index in [4.69, 9.17) is 0 Å². The predicted octanol–water partition coefficient (Wildman–Crippen LogP) is 2.42. The molecule has 1 aromatic heterocycles. The van der Waals surface area contributed by atoms with Crippen molar-refractivity contribution < 1.29 is 18.0 Å². The van der Waals surface area contributed by atoms with Crippen LogP contribution < -0.4 is 10.2 Å². The second-order valence-electron chi connectivity index (χ2n) is 5.37. The van der Waals surface area contributed by atoms with Gasteiger partial charge in [0.15, 0.2) is 0 Å². The largest absolute Gasteiger partial charge is 0.416 e. The van der Waals surface area contributed by atoms with Crippen molar-refractivity contribution in [2.24, 2.45) is 0 Å². The number of benzene rings is 1. The number of nitrogens with one attached hydrogen (secondary N) is 1. The van der Waals surface area contributed by atoms with Crippen molar-refractivity contribution in [3.63, 3.8) is 0 Å². The fourth-order valence-electron chi connectivity index (χ4n) is 1.96. The number of anilines is 1. The summed E-state index contributed by atoms with van der Waals surface area (Å²) in [7, 11) is 3.69. The van der Waals surface area contributed by atoms with Gasteiger partial charge < -0.3 is 10.2 Å². The average molecular weight is 338 g/mol. The van der Waals surface area contributed by atoms with E-state index in [0.717, 1.165) is 18.0 Å². The molecule has 0 spiro atoms. The summed E-state index contributed by atoms with van der Waals surface area (Å²) in [6.07, 6.45) is -2.79. The molecule has 0 fully saturated rings. The number of hydrogen-bond acceptors (Lipinski definition) is 4. The molecule has 1 N–H and O–H groups in total. The predicted molar refractivity (Wildman–Crippen MR) is 83.4 cm³/mol. The lowest BCUT2D eigenvalue weighted by atomic mass is 10.1. The maximum atomic E-state index is 12.5. The molecule has 1 amide bonds. The molecule has 1 heterocycles. The third kappa shape index (κ3) is 4.94. The molecule has 24 heavy (non-hydrogen) atoms. The van der Waals surface area contributed by atoms with E-state index >= 15 is 0 Å². The molecule has 2 rings (SSSR count). The first-order valence-corrected chi connectivity index (χ1v) is 7.18. The van der Waals surface area contributed by atoms with Crippen LogP contribution >= 0.6 is 0 Å². The molecule has 0 radical (unpaired) electrons. The van der Waals surface area contributed by atoms with E-state index in [1.54, 1.807) is 12.3 Å². The Morgan fingerprint density at radius 1 is 1.17 bits per heavy atom. The van der Waals surface area contributed by atoms with Gasteiger partial charge in [-0.3, -0.25) is 4.79 Å². The highest BCUT2D eigenvalue weighted by molar-refractivity contribution is 5.78. The fraction of sp³-hybridized carbons (Fsp3) is 0.312. The summed E-state index contributed by atoms with van der Waals surface area (Å²) >= 11 is 0. The molecule has 5 nitrogen and oxygen atoms in total. The molecule has 0 saturated carbocycles. The van der Waals surface area contributed by atoms with Gasteiger partial charge in [0.2, 0.25) is 5.91 Å². The minimum atomic E-state index is -4.38. The Labute approximate surface area is 137 Å². The normalized spacial score (nSPS) is 11.2. The summed E-state index contributed by atoms with van der Waals surface area (Å²) in [6.45, 7) is 0.154. The Hall–Kier alpha value is -2.64. The van der Waals surface area contributed by atoms with Crippen molar-refractivity contribution in [1.29, 1.82) is 0 Å². The molecular weight excluding hydrogens is 321 g/mol. The highest BCUT2D eigenvalue weighted by Gasteiger charge is 2.29. The molecule has 0 bridgehead atoms. The summed E-state index contributed by atoms with van der Waals surface area (Å²) < 4.78 is 37.4. The van der Waals surface area contributed by atoms with Gasteiger partial charge >= 0.3 is 6.18 Å². The molecule has 0 aliphatic rings. The van der Waals surface area contributed by atoms with Crippen LogP contribution in [0.25, 0.3) is 0 Å². The molecule has 0 saturated heterocycles. The monoisotopic (exact) mass is 338 g/mol. The highest BCUT2D eigenvalue weighted by Crippen LogP contribution is 2.29. The third-order valence-corrected chi connectivity index (χ3v) is 3.24. The van der Waals surface area contributed by atoms with E-state index in [1.165, 1.54) is 12.1 Å². The van der Waals surface area contributed by atoms with Crippen LogP contribution in [0.15, 0.2) is 36.5 Å². The zero-order valence-corrected chi connectivity index (χ0v) is 13.3. The second-order valence-corrected chi connectivity index (χ2v) is 5.37. The second kappa shape index (κ2) is 7.29. The van der Waals surface area contributed by atoms with Crippen molar-refractivity contribution in [3.05, 3.63) is 53.5 Å². The maximum Gasteiger partial charge on any atom is 0.416 e. The molecule has 0 aliphatic heterocycles. The van der Waals surface area contributed by atoms with Crippen LogP contribution in [-0.4, -0.2) is 30.0 Å². The first-order chi connectivity index (χ1) is 11.3. The molecule has 128 valence electrons. The maximum absolute atomic E-state index is 12.5. The topological polar surface area (TPSA) is 58.1 Å². The highest BCUT2D eigenvalue weighted by atomic mass is 19.4. The first-order valence-electron chi connectivity index (χ1n) is 7.18. The average Bonchev–Trinajstić information content (AvgIpc) is 2.53. The summed E-state index contributed by atoms with van der Waals surface area (Å²) in [4.78, 5) is 22.0. The minimum absolute atomic E-state index is 0.00842. The summed E-state index contributed by atoms with van der Waals surface area (Å²) in [6, 6.07) is 6.27. The zero-order chi connectivity index (χ0) is 17.7. The minimum Gasteiger partial charge on any atom is -0.363 e. The van der Waals surface area contributed by atoms with Crippen molar-refractivity contribution in [3.8, 4) is 0 Å². The van der Waals surface area contributed by atoms with Gasteiger partial charge in [0.25, 0.3) is 0 Å². The molecule has 0 atom stereocenters. The van der Waals surface area contributed by atoms with Gasteiger partial charge in [-0.25, -0.2) is 9.97 Å². The zero-order valence-electron chi connectivity index (χ0n) is 13.3. The molecule has 2 aromatic rings. The number of rotatable bonds is 5. The number of hydrogen-bond donors (Lipinski definition) is 1. The van der Waals surface area contributed by atoms with Crippen molar-refractivity contribution in [1.82, 2.24) is 15.3 Å². The number of carbonyl (C=O) groups excluding carboxylic acids is 1. The Kier molecular flexibility index (Phi) is 5.38. The Morgan fingerprint density at radius 3 is 2.42 bits per heavy atom. The molecule has 0 aliphatic carbocycles. The number of halogens is 3. The van der Waals surface area contributed by atoms with E-state index in [2.05, 4.69) is 15.3 Å². The van der Waals surface area contributed by atoms with Gasteiger partial charge in [-0.05, 0) is 23.8 Å². The lowest BCUT2D eigenvalue weighted by Crippen LogP contribution is -2.26. The summed E-state index contributed by atoms with van der Waals surface area (Å²) in [5, 5.41) is 2.65. The first kappa shape index (κ1) is 17.7. The van der Waals surface area contributed by atoms with Gasteiger partial charge in [0.05, 0.1) is 18.5 Å². The third-order valence-electron chi connectivity index (χ3n) is 3.24. The Bertz CT molecular complexity index is 699. The number of carbonyl (C=O) groups is 1. The van der Waals surface area contributed by atoms with Crippen LogP contribution in [0.3, 0.4) is 0 Å². The molecular formula is C16H17F3N4O. The van der Waals surface area contributed by atoms with Gasteiger partial charge in [0.1, 0.15) is 11.6 Å². The fourth-order valence-corrected chi connectivity index (χ4v) is 1.96. The number of alkyl halides is 3. The number of amides is 1. The van der Waals surface area contributed by atoms with Crippen molar-refractivity contribution >= 4 is 11.7 Å². The van der Waals surface area contributed by atoms with E-state index in [1.807, 2.05) is 19.0 Å². The van der Waals surface area contributed by atoms with Gasteiger partial charge in [-0.2, -0.15) is 13.2 Å². The van der Waals surface area contributed by atoms with E-state index in [0.29, 0.717) is 11.4 Å². The van der Waals surface area contributed by atoms with Crippen molar-refractivity contribution in [2.75, 3.05) is 19.0 Å². The van der Waals surface area contributed by atoms with Crippen LogP contribution in [0, 0.1) is 0 Å². The van der Waals surface area contributed by atoms with Gasteiger partial charge in [-0.15, -0.1) is 0 Å². The van der Waals surface area contributed by atoms with Crippen LogP contribution in [0.1, 0.15) is 17.0 Å². The SMILES string of the molecule is CN(C)c1ccnc(CNC(=O)Cc2ccc(C(F)(F)F)cc2)n1.